The predicted octanol–water partition coefficient (Wildman–Crippen LogP) is 3.95. The largest absolute Gasteiger partial charge is 0.307 e. The molecular weight excluding hydrogens is 445 g/mol. The number of hydrogen-bond acceptors (Lipinski definition) is 5. The van der Waals surface area contributed by atoms with Gasteiger partial charge in [0.1, 0.15) is 11.6 Å². The SMILES string of the molecule is Cc1cc(NC(=O)c2ccc(Cl)c(NS(=O)(=O)c3ccc(F)cc3)c2)n(CCC#N)n1. The van der Waals surface area contributed by atoms with E-state index in [4.69, 9.17) is 16.9 Å². The number of nitriles is 1. The van der Waals surface area contributed by atoms with Crippen LogP contribution in [-0.4, -0.2) is 24.1 Å². The summed E-state index contributed by atoms with van der Waals surface area (Å²) in [5.74, 6) is -0.682. The lowest BCUT2D eigenvalue weighted by Crippen LogP contribution is -2.17. The van der Waals surface area contributed by atoms with Gasteiger partial charge in [0.2, 0.25) is 0 Å². The summed E-state index contributed by atoms with van der Waals surface area (Å²) in [7, 11) is -4.05. The minimum absolute atomic E-state index is 0.00666. The molecule has 0 aliphatic rings. The summed E-state index contributed by atoms with van der Waals surface area (Å²) in [5, 5.41) is 15.8. The molecule has 3 aromatic rings. The van der Waals surface area contributed by atoms with Crippen molar-refractivity contribution in [3.05, 3.63) is 70.6 Å². The summed E-state index contributed by atoms with van der Waals surface area (Å²) in [4.78, 5) is 12.6. The van der Waals surface area contributed by atoms with E-state index in [0.717, 1.165) is 24.3 Å². The van der Waals surface area contributed by atoms with Gasteiger partial charge in [-0.1, -0.05) is 11.6 Å². The monoisotopic (exact) mass is 461 g/mol. The average Bonchev–Trinajstić information content (AvgIpc) is 3.07. The zero-order chi connectivity index (χ0) is 22.6. The lowest BCUT2D eigenvalue weighted by molar-refractivity contribution is 0.102. The molecule has 31 heavy (non-hydrogen) atoms. The van der Waals surface area contributed by atoms with E-state index in [0.29, 0.717) is 18.1 Å². The number of carbonyl (C=O) groups excluding carboxylic acids is 1. The molecule has 0 saturated carbocycles. The molecule has 0 unspecified atom stereocenters. The smallest absolute Gasteiger partial charge is 0.261 e. The Bertz CT molecular complexity index is 1270. The second-order valence-corrected chi connectivity index (χ2v) is 8.60. The number of nitrogens with one attached hydrogen (secondary N) is 2. The summed E-state index contributed by atoms with van der Waals surface area (Å²) in [6.07, 6.45) is 0.222. The van der Waals surface area contributed by atoms with Crippen LogP contribution in [0.25, 0.3) is 0 Å². The molecule has 2 aromatic carbocycles. The Balaban J connectivity index is 1.83. The molecule has 0 spiro atoms. The maximum atomic E-state index is 13.1. The fourth-order valence-electron chi connectivity index (χ4n) is 2.72. The van der Waals surface area contributed by atoms with E-state index in [1.54, 1.807) is 13.0 Å². The van der Waals surface area contributed by atoms with Crippen LogP contribution < -0.4 is 10.0 Å². The maximum absolute atomic E-state index is 13.1. The quantitative estimate of drug-likeness (QED) is 0.552. The molecule has 0 saturated heterocycles. The third-order valence-corrected chi connectivity index (χ3v) is 5.89. The van der Waals surface area contributed by atoms with Crippen molar-refractivity contribution in [3.8, 4) is 6.07 Å². The third kappa shape index (κ3) is 5.39. The molecule has 160 valence electrons. The average molecular weight is 462 g/mol. The Hall–Kier alpha value is -3.42. The second-order valence-electron chi connectivity index (χ2n) is 6.51. The van der Waals surface area contributed by atoms with Gasteiger partial charge in [0.15, 0.2) is 0 Å². The molecule has 1 heterocycles. The zero-order valence-electron chi connectivity index (χ0n) is 16.3. The van der Waals surface area contributed by atoms with E-state index < -0.39 is 21.7 Å². The molecule has 0 bridgehead atoms. The highest BCUT2D eigenvalue weighted by molar-refractivity contribution is 7.92. The van der Waals surface area contributed by atoms with Crippen LogP contribution in [0, 0.1) is 24.1 Å². The molecule has 2 N–H and O–H groups in total. The highest BCUT2D eigenvalue weighted by Crippen LogP contribution is 2.26. The van der Waals surface area contributed by atoms with Gasteiger partial charge >= 0.3 is 0 Å². The zero-order valence-corrected chi connectivity index (χ0v) is 17.8. The van der Waals surface area contributed by atoms with Crippen LogP contribution >= 0.6 is 11.6 Å². The van der Waals surface area contributed by atoms with Gasteiger partial charge in [-0.3, -0.25) is 9.52 Å². The molecule has 0 radical (unpaired) electrons. The van der Waals surface area contributed by atoms with Gasteiger partial charge in [-0.2, -0.15) is 10.4 Å². The first-order chi connectivity index (χ1) is 14.7. The Morgan fingerprint density at radius 3 is 2.61 bits per heavy atom. The number of sulfonamides is 1. The number of rotatable bonds is 7. The van der Waals surface area contributed by atoms with Crippen LogP contribution in [0.3, 0.4) is 0 Å². The number of benzene rings is 2. The molecule has 1 amide bonds. The van der Waals surface area contributed by atoms with E-state index in [9.17, 15) is 17.6 Å². The topological polar surface area (TPSA) is 117 Å². The Morgan fingerprint density at radius 1 is 1.23 bits per heavy atom. The number of amides is 1. The fraction of sp³-hybridized carbons (Fsp3) is 0.150. The van der Waals surface area contributed by atoms with Crippen molar-refractivity contribution in [2.75, 3.05) is 10.0 Å². The first kappa shape index (κ1) is 22.3. The first-order valence-corrected chi connectivity index (χ1v) is 10.9. The standard InChI is InChI=1S/C20H17ClFN5O3S/c1-13-11-19(27(25-13)10-2-9-23)24-20(28)14-3-8-17(21)18(12-14)26-31(29,30)16-6-4-15(22)5-7-16/h3-8,11-12,26H,2,10H2,1H3,(H,24,28). The highest BCUT2D eigenvalue weighted by atomic mass is 35.5. The van der Waals surface area contributed by atoms with Crippen molar-refractivity contribution in [2.24, 2.45) is 0 Å². The van der Waals surface area contributed by atoms with E-state index in [2.05, 4.69) is 15.1 Å². The number of hydrogen-bond donors (Lipinski definition) is 2. The molecule has 0 fully saturated rings. The van der Waals surface area contributed by atoms with Gasteiger partial charge < -0.3 is 5.32 Å². The van der Waals surface area contributed by atoms with E-state index in [1.807, 2.05) is 6.07 Å². The summed E-state index contributed by atoms with van der Waals surface area (Å²) in [5.41, 5.74) is 0.803. The van der Waals surface area contributed by atoms with Crippen LogP contribution in [0.2, 0.25) is 5.02 Å². The summed E-state index contributed by atoms with van der Waals surface area (Å²) in [6, 6.07) is 12.1. The summed E-state index contributed by atoms with van der Waals surface area (Å²) >= 11 is 6.10. The predicted molar refractivity (Wildman–Crippen MR) is 114 cm³/mol. The number of carbonyl (C=O) groups is 1. The van der Waals surface area contributed by atoms with Crippen LogP contribution in [0.5, 0.6) is 0 Å². The van der Waals surface area contributed by atoms with E-state index >= 15 is 0 Å². The Labute approximate surface area is 183 Å². The second kappa shape index (κ2) is 9.16. The molecule has 11 heteroatoms. The van der Waals surface area contributed by atoms with Crippen molar-refractivity contribution < 1.29 is 17.6 Å². The van der Waals surface area contributed by atoms with Crippen LogP contribution in [0.1, 0.15) is 22.5 Å². The molecule has 3 rings (SSSR count). The number of aromatic nitrogens is 2. The van der Waals surface area contributed by atoms with Crippen molar-refractivity contribution in [3.63, 3.8) is 0 Å². The first-order valence-electron chi connectivity index (χ1n) is 9.00. The molecular formula is C20H17ClFN5O3S. The van der Waals surface area contributed by atoms with Crippen LogP contribution in [-0.2, 0) is 16.6 Å². The molecule has 8 nitrogen and oxygen atoms in total. The minimum atomic E-state index is -4.05. The lowest BCUT2D eigenvalue weighted by Gasteiger charge is -2.12. The van der Waals surface area contributed by atoms with E-state index in [-0.39, 0.29) is 27.6 Å². The van der Waals surface area contributed by atoms with Gasteiger partial charge in [-0.15, -0.1) is 0 Å². The van der Waals surface area contributed by atoms with Crippen molar-refractivity contribution >= 4 is 39.0 Å². The van der Waals surface area contributed by atoms with Gasteiger partial charge in [-0.05, 0) is 49.4 Å². The number of anilines is 2. The van der Waals surface area contributed by atoms with Gasteiger partial charge in [0.25, 0.3) is 15.9 Å². The summed E-state index contributed by atoms with van der Waals surface area (Å²) in [6.45, 7) is 2.06. The van der Waals surface area contributed by atoms with Crippen molar-refractivity contribution in [1.82, 2.24) is 9.78 Å². The van der Waals surface area contributed by atoms with Crippen molar-refractivity contribution in [1.29, 1.82) is 5.26 Å². The number of aryl methyl sites for hydroxylation is 2. The molecule has 0 aliphatic heterocycles. The third-order valence-electron chi connectivity index (χ3n) is 4.18. The van der Waals surface area contributed by atoms with Gasteiger partial charge in [-0.25, -0.2) is 17.5 Å². The Kier molecular flexibility index (Phi) is 6.58. The molecule has 0 aliphatic carbocycles. The lowest BCUT2D eigenvalue weighted by atomic mass is 10.2. The van der Waals surface area contributed by atoms with Gasteiger partial charge in [0.05, 0.1) is 40.3 Å². The van der Waals surface area contributed by atoms with Crippen LogP contribution in [0.4, 0.5) is 15.9 Å². The highest BCUT2D eigenvalue weighted by Gasteiger charge is 2.18. The minimum Gasteiger partial charge on any atom is -0.307 e. The normalized spacial score (nSPS) is 11.0. The Morgan fingerprint density at radius 2 is 1.94 bits per heavy atom. The van der Waals surface area contributed by atoms with Crippen LogP contribution in [0.15, 0.2) is 53.4 Å². The summed E-state index contributed by atoms with van der Waals surface area (Å²) < 4.78 is 42.0. The van der Waals surface area contributed by atoms with Gasteiger partial charge in [0, 0.05) is 11.6 Å². The van der Waals surface area contributed by atoms with Crippen molar-refractivity contribution in [2.45, 2.75) is 24.8 Å². The maximum Gasteiger partial charge on any atom is 0.261 e. The number of halogens is 2. The van der Waals surface area contributed by atoms with E-state index in [1.165, 1.54) is 22.9 Å². The molecule has 0 atom stereocenters. The number of nitrogens with zero attached hydrogens (tertiary/aromatic N) is 3. The fourth-order valence-corrected chi connectivity index (χ4v) is 4.01. The molecule has 1 aromatic heterocycles.